The number of hydrogen-bond donors (Lipinski definition) is 2. The molecule has 1 atom stereocenters. The first kappa shape index (κ1) is 15.2. The molecular formula is C18H20N2O3. The molecule has 2 aromatic carbocycles. The average Bonchev–Trinajstić information content (AvgIpc) is 3.02. The molecular weight excluding hydrogens is 292 g/mol. The average molecular weight is 312 g/mol. The number of benzene rings is 2. The highest BCUT2D eigenvalue weighted by Crippen LogP contribution is 2.34. The van der Waals surface area contributed by atoms with Gasteiger partial charge in [0.05, 0.1) is 0 Å². The van der Waals surface area contributed by atoms with Crippen LogP contribution >= 0.6 is 0 Å². The molecule has 0 aliphatic carbocycles. The zero-order valence-electron chi connectivity index (χ0n) is 13.3. The summed E-state index contributed by atoms with van der Waals surface area (Å²) in [6.45, 7) is 4.16. The second kappa shape index (κ2) is 6.60. The molecule has 1 amide bonds. The van der Waals surface area contributed by atoms with Crippen molar-refractivity contribution in [1.82, 2.24) is 0 Å². The second-order valence-corrected chi connectivity index (χ2v) is 5.48. The lowest BCUT2D eigenvalue weighted by atomic mass is 10.1. The first-order valence-corrected chi connectivity index (χ1v) is 7.71. The number of carbonyl (C=O) groups is 1. The predicted molar refractivity (Wildman–Crippen MR) is 90.1 cm³/mol. The fourth-order valence-electron chi connectivity index (χ4n) is 2.42. The van der Waals surface area contributed by atoms with E-state index in [0.29, 0.717) is 17.2 Å². The predicted octanol–water partition coefficient (Wildman–Crippen LogP) is 3.42. The van der Waals surface area contributed by atoms with Gasteiger partial charge in [0.1, 0.15) is 6.04 Å². The molecule has 3 rings (SSSR count). The molecule has 1 aliphatic rings. The number of rotatable bonds is 5. The van der Waals surface area contributed by atoms with Crippen LogP contribution in [0.5, 0.6) is 11.5 Å². The SMILES string of the molecule is CCc1cccc(N[C@H](C)C(=O)Nc2ccc3c(c2)OCO3)c1. The standard InChI is InChI=1S/C18H20N2O3/c1-3-13-5-4-6-14(9-13)19-12(2)18(21)20-15-7-8-16-17(10-15)23-11-22-16/h4-10,12,19H,3,11H2,1-2H3,(H,20,21)/t12-/m1/s1. The summed E-state index contributed by atoms with van der Waals surface area (Å²) >= 11 is 0. The van der Waals surface area contributed by atoms with E-state index in [-0.39, 0.29) is 18.7 Å². The smallest absolute Gasteiger partial charge is 0.246 e. The molecule has 0 aromatic heterocycles. The van der Waals surface area contributed by atoms with Gasteiger partial charge in [-0.25, -0.2) is 0 Å². The van der Waals surface area contributed by atoms with E-state index in [4.69, 9.17) is 9.47 Å². The van der Waals surface area contributed by atoms with Gasteiger partial charge in [0.25, 0.3) is 0 Å². The van der Waals surface area contributed by atoms with Gasteiger partial charge in [0.2, 0.25) is 12.7 Å². The number of amides is 1. The maximum atomic E-state index is 12.3. The molecule has 120 valence electrons. The van der Waals surface area contributed by atoms with Crippen LogP contribution in [-0.4, -0.2) is 18.7 Å². The summed E-state index contributed by atoms with van der Waals surface area (Å²) in [5, 5.41) is 6.10. The molecule has 0 spiro atoms. The maximum absolute atomic E-state index is 12.3. The maximum Gasteiger partial charge on any atom is 0.246 e. The van der Waals surface area contributed by atoms with E-state index < -0.39 is 0 Å². The van der Waals surface area contributed by atoms with Crippen molar-refractivity contribution in [3.63, 3.8) is 0 Å². The van der Waals surface area contributed by atoms with Gasteiger partial charge in [-0.05, 0) is 43.2 Å². The lowest BCUT2D eigenvalue weighted by Gasteiger charge is -2.16. The molecule has 5 nitrogen and oxygen atoms in total. The summed E-state index contributed by atoms with van der Waals surface area (Å²) < 4.78 is 10.6. The number of anilines is 2. The number of nitrogens with one attached hydrogen (secondary N) is 2. The van der Waals surface area contributed by atoms with E-state index in [1.807, 2.05) is 19.1 Å². The number of fused-ring (bicyclic) bond motifs is 1. The van der Waals surface area contributed by atoms with E-state index in [1.165, 1.54) is 5.56 Å². The Labute approximate surface area is 135 Å². The largest absolute Gasteiger partial charge is 0.454 e. The molecule has 0 radical (unpaired) electrons. The van der Waals surface area contributed by atoms with Gasteiger partial charge >= 0.3 is 0 Å². The molecule has 0 fully saturated rings. The minimum Gasteiger partial charge on any atom is -0.454 e. The van der Waals surface area contributed by atoms with Crippen molar-refractivity contribution in [1.29, 1.82) is 0 Å². The first-order valence-electron chi connectivity index (χ1n) is 7.71. The Morgan fingerprint density at radius 2 is 1.96 bits per heavy atom. The van der Waals surface area contributed by atoms with Gasteiger partial charge < -0.3 is 20.1 Å². The quantitative estimate of drug-likeness (QED) is 0.888. The summed E-state index contributed by atoms with van der Waals surface area (Å²) in [5.41, 5.74) is 2.87. The summed E-state index contributed by atoms with van der Waals surface area (Å²) in [6.07, 6.45) is 0.966. The normalized spacial score (nSPS) is 13.5. The molecule has 1 heterocycles. The van der Waals surface area contributed by atoms with E-state index in [9.17, 15) is 4.79 Å². The molecule has 0 saturated heterocycles. The number of ether oxygens (including phenoxy) is 2. The lowest BCUT2D eigenvalue weighted by Crippen LogP contribution is -2.31. The first-order chi connectivity index (χ1) is 11.2. The molecule has 1 aliphatic heterocycles. The lowest BCUT2D eigenvalue weighted by molar-refractivity contribution is -0.116. The summed E-state index contributed by atoms with van der Waals surface area (Å²) in [4.78, 5) is 12.3. The van der Waals surface area contributed by atoms with Crippen LogP contribution < -0.4 is 20.1 Å². The van der Waals surface area contributed by atoms with Crippen molar-refractivity contribution < 1.29 is 14.3 Å². The highest BCUT2D eigenvalue weighted by Gasteiger charge is 2.16. The third-order valence-electron chi connectivity index (χ3n) is 3.75. The molecule has 2 N–H and O–H groups in total. The van der Waals surface area contributed by atoms with Gasteiger partial charge in [-0.2, -0.15) is 0 Å². The monoisotopic (exact) mass is 312 g/mol. The van der Waals surface area contributed by atoms with Gasteiger partial charge in [0.15, 0.2) is 11.5 Å². The van der Waals surface area contributed by atoms with Crippen LogP contribution in [0.1, 0.15) is 19.4 Å². The fourth-order valence-corrected chi connectivity index (χ4v) is 2.42. The number of carbonyl (C=O) groups excluding carboxylic acids is 1. The topological polar surface area (TPSA) is 59.6 Å². The minimum atomic E-state index is -0.354. The van der Waals surface area contributed by atoms with E-state index in [0.717, 1.165) is 12.1 Å². The van der Waals surface area contributed by atoms with Gasteiger partial charge in [0, 0.05) is 17.4 Å². The Morgan fingerprint density at radius 1 is 1.13 bits per heavy atom. The molecule has 0 unspecified atom stereocenters. The molecule has 2 aromatic rings. The minimum absolute atomic E-state index is 0.106. The van der Waals surface area contributed by atoms with E-state index in [2.05, 4.69) is 29.7 Å². The summed E-state index contributed by atoms with van der Waals surface area (Å²) in [7, 11) is 0. The highest BCUT2D eigenvalue weighted by molar-refractivity contribution is 5.96. The zero-order valence-corrected chi connectivity index (χ0v) is 13.3. The van der Waals surface area contributed by atoms with E-state index >= 15 is 0 Å². The van der Waals surface area contributed by atoms with Crippen LogP contribution in [0, 0.1) is 0 Å². The Balaban J connectivity index is 1.63. The zero-order chi connectivity index (χ0) is 16.2. The molecule has 23 heavy (non-hydrogen) atoms. The van der Waals surface area contributed by atoms with Crippen molar-refractivity contribution in [3.8, 4) is 11.5 Å². The Hall–Kier alpha value is -2.69. The highest BCUT2D eigenvalue weighted by atomic mass is 16.7. The van der Waals surface area contributed by atoms with Crippen molar-refractivity contribution >= 4 is 17.3 Å². The van der Waals surface area contributed by atoms with Crippen molar-refractivity contribution in [3.05, 3.63) is 48.0 Å². The Morgan fingerprint density at radius 3 is 2.78 bits per heavy atom. The van der Waals surface area contributed by atoms with Crippen LogP contribution in [0.4, 0.5) is 11.4 Å². The number of aryl methyl sites for hydroxylation is 1. The van der Waals surface area contributed by atoms with Crippen LogP contribution in [0.25, 0.3) is 0 Å². The Bertz CT molecular complexity index is 715. The van der Waals surface area contributed by atoms with Crippen LogP contribution in [-0.2, 0) is 11.2 Å². The van der Waals surface area contributed by atoms with Crippen molar-refractivity contribution in [2.75, 3.05) is 17.4 Å². The van der Waals surface area contributed by atoms with Crippen molar-refractivity contribution in [2.45, 2.75) is 26.3 Å². The summed E-state index contributed by atoms with van der Waals surface area (Å²) in [5.74, 6) is 1.25. The van der Waals surface area contributed by atoms with Gasteiger partial charge in [-0.15, -0.1) is 0 Å². The number of hydrogen-bond acceptors (Lipinski definition) is 4. The molecule has 5 heteroatoms. The van der Waals surface area contributed by atoms with Gasteiger partial charge in [-0.3, -0.25) is 4.79 Å². The van der Waals surface area contributed by atoms with Crippen LogP contribution in [0.3, 0.4) is 0 Å². The Kier molecular flexibility index (Phi) is 4.37. The van der Waals surface area contributed by atoms with Crippen LogP contribution in [0.2, 0.25) is 0 Å². The second-order valence-electron chi connectivity index (χ2n) is 5.48. The third-order valence-corrected chi connectivity index (χ3v) is 3.75. The van der Waals surface area contributed by atoms with Crippen LogP contribution in [0.15, 0.2) is 42.5 Å². The molecule has 0 saturated carbocycles. The molecule has 0 bridgehead atoms. The fraction of sp³-hybridized carbons (Fsp3) is 0.278. The summed E-state index contributed by atoms with van der Waals surface area (Å²) in [6, 6.07) is 13.1. The third kappa shape index (κ3) is 3.56. The van der Waals surface area contributed by atoms with Crippen molar-refractivity contribution in [2.24, 2.45) is 0 Å². The van der Waals surface area contributed by atoms with Gasteiger partial charge in [-0.1, -0.05) is 19.1 Å². The van der Waals surface area contributed by atoms with E-state index in [1.54, 1.807) is 18.2 Å².